The van der Waals surface area contributed by atoms with Crippen LogP contribution in [-0.4, -0.2) is 11.8 Å². The number of carbonyl (C=O) groups is 2. The molecular formula is C15H13FO2. The maximum Gasteiger partial charge on any atom is 0.298 e. The summed E-state index contributed by atoms with van der Waals surface area (Å²) in [6.07, 6.45) is 0. The molecule has 2 rings (SSSR count). The van der Waals surface area contributed by atoms with Crippen molar-refractivity contribution in [2.24, 2.45) is 0 Å². The average Bonchev–Trinajstić information content (AvgIpc) is 2.39. The molecule has 0 heterocycles. The first-order chi connectivity index (χ1) is 8.61. The number of ketones is 1. The van der Waals surface area contributed by atoms with E-state index in [9.17, 15) is 9.18 Å². The molecule has 0 spiro atoms. The lowest BCUT2D eigenvalue weighted by atomic mass is 10.0. The van der Waals surface area contributed by atoms with E-state index in [1.807, 2.05) is 60.7 Å². The van der Waals surface area contributed by atoms with Gasteiger partial charge in [-0.2, -0.15) is 4.39 Å². The van der Waals surface area contributed by atoms with Crippen LogP contribution in [0.1, 0.15) is 22.8 Å². The van der Waals surface area contributed by atoms with Gasteiger partial charge in [0.1, 0.15) is 0 Å². The predicted octanol–water partition coefficient (Wildman–Crippen LogP) is 3.42. The van der Waals surface area contributed by atoms with E-state index in [1.165, 1.54) is 0 Å². The molecule has 0 aliphatic rings. The molecule has 0 fully saturated rings. The Morgan fingerprint density at radius 1 is 0.778 bits per heavy atom. The second-order valence-electron chi connectivity index (χ2n) is 3.53. The van der Waals surface area contributed by atoms with Crippen molar-refractivity contribution >= 4 is 11.8 Å². The van der Waals surface area contributed by atoms with Crippen LogP contribution in [0.15, 0.2) is 60.7 Å². The van der Waals surface area contributed by atoms with Crippen LogP contribution in [-0.2, 0) is 4.79 Å². The van der Waals surface area contributed by atoms with Crippen LogP contribution in [0.5, 0.6) is 0 Å². The van der Waals surface area contributed by atoms with Crippen LogP contribution in [0, 0.1) is 0 Å². The fourth-order valence-electron chi connectivity index (χ4n) is 1.35. The minimum Gasteiger partial charge on any atom is -0.289 e. The molecule has 0 aliphatic carbocycles. The Kier molecular flexibility index (Phi) is 5.45. The Labute approximate surface area is 105 Å². The molecule has 0 N–H and O–H groups in total. The minimum absolute atomic E-state index is 0.0752. The fraction of sp³-hybridized carbons (Fsp3) is 0.0667. The van der Waals surface area contributed by atoms with Crippen molar-refractivity contribution in [3.05, 3.63) is 71.8 Å². The normalized spacial score (nSPS) is 9.00. The second-order valence-corrected chi connectivity index (χ2v) is 3.53. The highest BCUT2D eigenvalue weighted by molar-refractivity contribution is 6.08. The summed E-state index contributed by atoms with van der Waals surface area (Å²) in [6, 6.07) is 17.3. The van der Waals surface area contributed by atoms with Gasteiger partial charge < -0.3 is 0 Å². The van der Waals surface area contributed by atoms with Gasteiger partial charge in [-0.1, -0.05) is 60.7 Å². The summed E-state index contributed by atoms with van der Waals surface area (Å²) in [5.41, 5.74) is 1.47. The predicted molar refractivity (Wildman–Crippen MR) is 68.1 cm³/mol. The largest absolute Gasteiger partial charge is 0.298 e. The third-order valence-corrected chi connectivity index (χ3v) is 2.07. The van der Waals surface area contributed by atoms with Gasteiger partial charge >= 0.3 is 0 Å². The quantitative estimate of drug-likeness (QED) is 0.599. The molecule has 2 aromatic rings. The maximum atomic E-state index is 11.8. The molecule has 0 atom stereocenters. The number of hydrogen-bond donors (Lipinski definition) is 0. The molecule has 92 valence electrons. The molecule has 0 aromatic heterocycles. The van der Waals surface area contributed by atoms with Gasteiger partial charge in [0.05, 0.1) is 0 Å². The Hall–Kier alpha value is -2.29. The SMILES string of the molecule is CC(=O)F.O=C(c1ccccc1)c1ccccc1. The first kappa shape index (κ1) is 13.8. The summed E-state index contributed by atoms with van der Waals surface area (Å²) in [5, 5.41) is 0. The second kappa shape index (κ2) is 7.12. The van der Waals surface area contributed by atoms with Gasteiger partial charge in [0.25, 0.3) is 6.04 Å². The molecule has 0 saturated carbocycles. The fourth-order valence-corrected chi connectivity index (χ4v) is 1.35. The lowest BCUT2D eigenvalue weighted by Crippen LogP contribution is -1.99. The number of rotatable bonds is 2. The number of halogens is 1. The molecule has 0 aliphatic heterocycles. The van der Waals surface area contributed by atoms with E-state index in [1.54, 1.807) is 0 Å². The minimum atomic E-state index is -1.33. The summed E-state index contributed by atoms with van der Waals surface area (Å²) < 4.78 is 10.4. The van der Waals surface area contributed by atoms with Gasteiger partial charge in [-0.25, -0.2) is 0 Å². The zero-order chi connectivity index (χ0) is 13.4. The van der Waals surface area contributed by atoms with Gasteiger partial charge in [0.15, 0.2) is 5.78 Å². The first-order valence-corrected chi connectivity index (χ1v) is 5.42. The number of hydrogen-bond acceptors (Lipinski definition) is 2. The Morgan fingerprint density at radius 3 is 1.33 bits per heavy atom. The van der Waals surface area contributed by atoms with Crippen LogP contribution in [0.3, 0.4) is 0 Å². The van der Waals surface area contributed by atoms with E-state index < -0.39 is 6.04 Å². The first-order valence-electron chi connectivity index (χ1n) is 5.42. The monoisotopic (exact) mass is 244 g/mol. The van der Waals surface area contributed by atoms with E-state index >= 15 is 0 Å². The Bertz CT molecular complexity index is 461. The molecule has 0 amide bonds. The molecule has 2 nitrogen and oxygen atoms in total. The molecule has 0 unspecified atom stereocenters. The van der Waals surface area contributed by atoms with Crippen LogP contribution < -0.4 is 0 Å². The van der Waals surface area contributed by atoms with Crippen LogP contribution >= 0.6 is 0 Å². The van der Waals surface area contributed by atoms with Gasteiger partial charge in [0, 0.05) is 18.1 Å². The molecule has 0 saturated heterocycles. The number of carbonyl (C=O) groups excluding carboxylic acids is 2. The summed E-state index contributed by atoms with van der Waals surface area (Å²) in [6.45, 7) is 0.861. The lowest BCUT2D eigenvalue weighted by molar-refractivity contribution is -0.126. The zero-order valence-electron chi connectivity index (χ0n) is 9.97. The van der Waals surface area contributed by atoms with Crippen LogP contribution in [0.4, 0.5) is 4.39 Å². The van der Waals surface area contributed by atoms with Crippen molar-refractivity contribution in [3.8, 4) is 0 Å². The van der Waals surface area contributed by atoms with Gasteiger partial charge in [-0.15, -0.1) is 0 Å². The van der Waals surface area contributed by atoms with Gasteiger partial charge in [-0.3, -0.25) is 9.59 Å². The summed E-state index contributed by atoms with van der Waals surface area (Å²) in [7, 11) is 0. The molecule has 3 heteroatoms. The van der Waals surface area contributed by atoms with Crippen LogP contribution in [0.2, 0.25) is 0 Å². The standard InChI is InChI=1S/C13H10O.C2H3FO/c14-13(11-7-3-1-4-8-11)12-9-5-2-6-10-12;1-2(3)4/h1-10H;1H3. The third kappa shape index (κ3) is 4.70. The van der Waals surface area contributed by atoms with E-state index in [-0.39, 0.29) is 5.78 Å². The molecular weight excluding hydrogens is 231 g/mol. The summed E-state index contributed by atoms with van der Waals surface area (Å²) in [4.78, 5) is 20.6. The van der Waals surface area contributed by atoms with Crippen molar-refractivity contribution < 1.29 is 14.0 Å². The van der Waals surface area contributed by atoms with E-state index in [0.717, 1.165) is 18.1 Å². The highest BCUT2D eigenvalue weighted by atomic mass is 19.1. The average molecular weight is 244 g/mol. The lowest BCUT2D eigenvalue weighted by Gasteiger charge is -1.99. The molecule has 0 bridgehead atoms. The van der Waals surface area contributed by atoms with Gasteiger partial charge in [-0.05, 0) is 0 Å². The van der Waals surface area contributed by atoms with Crippen molar-refractivity contribution in [2.75, 3.05) is 0 Å². The van der Waals surface area contributed by atoms with Crippen molar-refractivity contribution in [3.63, 3.8) is 0 Å². The topological polar surface area (TPSA) is 34.1 Å². The van der Waals surface area contributed by atoms with Crippen molar-refractivity contribution in [1.82, 2.24) is 0 Å². The third-order valence-electron chi connectivity index (χ3n) is 2.07. The molecule has 0 radical (unpaired) electrons. The summed E-state index contributed by atoms with van der Waals surface area (Å²) in [5.74, 6) is 0.0752. The zero-order valence-corrected chi connectivity index (χ0v) is 9.97. The molecule has 18 heavy (non-hydrogen) atoms. The van der Waals surface area contributed by atoms with Crippen molar-refractivity contribution in [2.45, 2.75) is 6.92 Å². The van der Waals surface area contributed by atoms with E-state index in [0.29, 0.717) is 0 Å². The van der Waals surface area contributed by atoms with Crippen LogP contribution in [0.25, 0.3) is 0 Å². The Morgan fingerprint density at radius 2 is 1.06 bits per heavy atom. The molecule has 2 aromatic carbocycles. The van der Waals surface area contributed by atoms with Crippen molar-refractivity contribution in [1.29, 1.82) is 0 Å². The Balaban J connectivity index is 0.000000357. The van der Waals surface area contributed by atoms with E-state index in [4.69, 9.17) is 4.79 Å². The smallest absolute Gasteiger partial charge is 0.289 e. The summed E-state index contributed by atoms with van der Waals surface area (Å²) >= 11 is 0. The van der Waals surface area contributed by atoms with E-state index in [2.05, 4.69) is 0 Å². The highest BCUT2D eigenvalue weighted by Crippen LogP contribution is 2.08. The van der Waals surface area contributed by atoms with Gasteiger partial charge in [0.2, 0.25) is 0 Å². The maximum absolute atomic E-state index is 11.8. The highest BCUT2D eigenvalue weighted by Gasteiger charge is 2.06. The number of benzene rings is 2.